The van der Waals surface area contributed by atoms with Crippen molar-refractivity contribution in [2.75, 3.05) is 6.54 Å². The highest BCUT2D eigenvalue weighted by Crippen LogP contribution is 1.92. The van der Waals surface area contributed by atoms with Crippen molar-refractivity contribution in [3.8, 4) is 0 Å². The molecule has 0 rings (SSSR count). The molecule has 2 nitrogen and oxygen atoms in total. The molecule has 0 saturated carbocycles. The van der Waals surface area contributed by atoms with Crippen LogP contribution in [0.15, 0.2) is 0 Å². The van der Waals surface area contributed by atoms with Crippen LogP contribution in [0.25, 0.3) is 0 Å². The second-order valence-electron chi connectivity index (χ2n) is 1.65. The van der Waals surface area contributed by atoms with Crippen molar-refractivity contribution in [1.82, 2.24) is 0 Å². The molecule has 0 spiro atoms. The summed E-state index contributed by atoms with van der Waals surface area (Å²) in [6.07, 6.45) is 6.38. The number of nitrogens with one attached hydrogen (secondary N) is 1. The maximum Gasteiger partial charge on any atom is -0.00476 e. The van der Waals surface area contributed by atoms with Gasteiger partial charge in [0.2, 0.25) is 0 Å². The highest BCUT2D eigenvalue weighted by atomic mass is 14.5. The van der Waals surface area contributed by atoms with Gasteiger partial charge in [0.1, 0.15) is 0 Å². The smallest absolute Gasteiger partial charge is 0.00476 e. The van der Waals surface area contributed by atoms with Gasteiger partial charge in [0.05, 0.1) is 0 Å². The Kier molecular flexibility index (Phi) is 6.32. The molecule has 0 fully saturated rings. The lowest BCUT2D eigenvalue weighted by Gasteiger charge is -1.90. The van der Waals surface area contributed by atoms with E-state index in [0.29, 0.717) is 0 Å². The summed E-state index contributed by atoms with van der Waals surface area (Å²) in [4.78, 5) is 0. The van der Waals surface area contributed by atoms with Gasteiger partial charge >= 0.3 is 0 Å². The normalized spacial score (nSPS) is 9.12. The van der Waals surface area contributed by atoms with E-state index in [1.807, 2.05) is 0 Å². The summed E-state index contributed by atoms with van der Waals surface area (Å²) >= 11 is 0. The maximum absolute atomic E-state index is 6.66. The summed E-state index contributed by atoms with van der Waals surface area (Å²) in [6, 6.07) is 0. The van der Waals surface area contributed by atoms with E-state index in [1.54, 1.807) is 0 Å². The Hall–Kier alpha value is -0.370. The molecule has 0 aromatic heterocycles. The second-order valence-corrected chi connectivity index (χ2v) is 1.65. The Labute approximate surface area is 50.6 Å². The molecule has 2 heteroatoms. The largest absolute Gasteiger partial charge is 0.330 e. The molecule has 47 valence electrons. The van der Waals surface area contributed by atoms with Crippen molar-refractivity contribution in [3.05, 3.63) is 6.42 Å². The standard InChI is InChI=1S/C6H13N2/c7-5-3-1-2-4-6-8/h1,6,8H,2-5,7H2. The highest BCUT2D eigenvalue weighted by Gasteiger charge is 1.82. The van der Waals surface area contributed by atoms with Crippen molar-refractivity contribution in [3.63, 3.8) is 0 Å². The van der Waals surface area contributed by atoms with Gasteiger partial charge in [-0.3, -0.25) is 0 Å². The topological polar surface area (TPSA) is 49.9 Å². The first-order valence-corrected chi connectivity index (χ1v) is 2.92. The first-order chi connectivity index (χ1) is 3.91. The second kappa shape index (κ2) is 6.63. The number of hydrogen-bond donors (Lipinski definition) is 2. The predicted molar refractivity (Wildman–Crippen MR) is 36.0 cm³/mol. The van der Waals surface area contributed by atoms with Crippen LogP contribution in [0.3, 0.4) is 0 Å². The fraction of sp³-hybridized carbons (Fsp3) is 0.667. The van der Waals surface area contributed by atoms with Crippen LogP contribution in [-0.2, 0) is 0 Å². The van der Waals surface area contributed by atoms with Crippen LogP contribution < -0.4 is 5.73 Å². The molecule has 0 aliphatic rings. The number of rotatable bonds is 5. The number of nitrogens with two attached hydrogens (primary N) is 1. The molecule has 3 N–H and O–H groups in total. The fourth-order valence-corrected chi connectivity index (χ4v) is 0.463. The van der Waals surface area contributed by atoms with E-state index < -0.39 is 0 Å². The number of unbranched alkanes of at least 4 members (excludes halogenated alkanes) is 3. The van der Waals surface area contributed by atoms with Crippen LogP contribution in [0, 0.1) is 11.8 Å². The Morgan fingerprint density at radius 3 is 2.50 bits per heavy atom. The average molecular weight is 113 g/mol. The van der Waals surface area contributed by atoms with Crippen LogP contribution in [0.2, 0.25) is 0 Å². The molecule has 0 heterocycles. The lowest BCUT2D eigenvalue weighted by Crippen LogP contribution is -1.97. The molecule has 0 saturated heterocycles. The van der Waals surface area contributed by atoms with Gasteiger partial charge < -0.3 is 11.1 Å². The van der Waals surface area contributed by atoms with Crippen LogP contribution >= 0.6 is 0 Å². The summed E-state index contributed by atoms with van der Waals surface area (Å²) < 4.78 is 0. The molecule has 1 radical (unpaired) electrons. The maximum atomic E-state index is 6.66. The summed E-state index contributed by atoms with van der Waals surface area (Å²) in [5.74, 6) is 0. The molecule has 0 aromatic rings. The zero-order chi connectivity index (χ0) is 6.24. The summed E-state index contributed by atoms with van der Waals surface area (Å²) in [5, 5.41) is 6.66. The van der Waals surface area contributed by atoms with Gasteiger partial charge in [-0.15, -0.1) is 0 Å². The molecule has 0 aliphatic carbocycles. The monoisotopic (exact) mass is 113 g/mol. The van der Waals surface area contributed by atoms with Gasteiger partial charge in [0.15, 0.2) is 0 Å². The minimum atomic E-state index is 0.734. The van der Waals surface area contributed by atoms with Crippen LogP contribution in [0.1, 0.15) is 19.3 Å². The molecule has 0 aliphatic heterocycles. The summed E-state index contributed by atoms with van der Waals surface area (Å²) in [7, 11) is 0. The summed E-state index contributed by atoms with van der Waals surface area (Å²) in [5.41, 5.74) is 5.22. The van der Waals surface area contributed by atoms with Crippen molar-refractivity contribution in [2.45, 2.75) is 19.3 Å². The molecular formula is C6H13N2. The van der Waals surface area contributed by atoms with Gasteiger partial charge in [0.25, 0.3) is 0 Å². The van der Waals surface area contributed by atoms with Crippen molar-refractivity contribution < 1.29 is 0 Å². The molecular weight excluding hydrogens is 100 g/mol. The third-order valence-corrected chi connectivity index (χ3v) is 0.886. The first-order valence-electron chi connectivity index (χ1n) is 2.92. The molecule has 8 heavy (non-hydrogen) atoms. The number of hydrogen-bond acceptors (Lipinski definition) is 2. The van der Waals surface area contributed by atoms with Gasteiger partial charge in [-0.1, -0.05) is 0 Å². The van der Waals surface area contributed by atoms with E-state index in [0.717, 1.165) is 25.8 Å². The van der Waals surface area contributed by atoms with E-state index in [4.69, 9.17) is 11.1 Å². The van der Waals surface area contributed by atoms with Crippen LogP contribution in [0.4, 0.5) is 0 Å². The zero-order valence-electron chi connectivity index (χ0n) is 5.06. The summed E-state index contributed by atoms with van der Waals surface area (Å²) in [6.45, 7) is 0.734. The minimum absolute atomic E-state index is 0.734. The van der Waals surface area contributed by atoms with Gasteiger partial charge in [-0.05, 0) is 38.4 Å². The predicted octanol–water partition coefficient (Wildman–Crippen LogP) is 0.969. The lowest BCUT2D eigenvalue weighted by atomic mass is 10.2. The Morgan fingerprint density at radius 1 is 1.25 bits per heavy atom. The minimum Gasteiger partial charge on any atom is -0.330 e. The third-order valence-electron chi connectivity index (χ3n) is 0.886. The van der Waals surface area contributed by atoms with Crippen molar-refractivity contribution in [2.24, 2.45) is 5.73 Å². The van der Waals surface area contributed by atoms with Crippen LogP contribution in [0.5, 0.6) is 0 Å². The van der Waals surface area contributed by atoms with Crippen molar-refractivity contribution in [1.29, 1.82) is 5.41 Å². The SMILES string of the molecule is N=CCC[CH]CCN. The molecule has 0 atom stereocenters. The average Bonchev–Trinajstić information content (AvgIpc) is 1.81. The Morgan fingerprint density at radius 2 is 2.00 bits per heavy atom. The van der Waals surface area contributed by atoms with Gasteiger partial charge in [0, 0.05) is 0 Å². The van der Waals surface area contributed by atoms with E-state index >= 15 is 0 Å². The Balaban J connectivity index is 2.62. The third kappa shape index (κ3) is 5.63. The van der Waals surface area contributed by atoms with E-state index in [1.165, 1.54) is 6.21 Å². The zero-order valence-corrected chi connectivity index (χ0v) is 5.06. The van der Waals surface area contributed by atoms with E-state index in [2.05, 4.69) is 6.42 Å². The van der Waals surface area contributed by atoms with E-state index in [9.17, 15) is 0 Å². The van der Waals surface area contributed by atoms with E-state index in [-0.39, 0.29) is 0 Å². The Bertz CT molecular complexity index is 52.5. The van der Waals surface area contributed by atoms with Gasteiger partial charge in [-0.25, -0.2) is 0 Å². The van der Waals surface area contributed by atoms with Crippen molar-refractivity contribution >= 4 is 6.21 Å². The van der Waals surface area contributed by atoms with Crippen LogP contribution in [-0.4, -0.2) is 12.8 Å². The van der Waals surface area contributed by atoms with Gasteiger partial charge in [-0.2, -0.15) is 0 Å². The quantitative estimate of drug-likeness (QED) is 0.405. The first kappa shape index (κ1) is 7.63. The molecule has 0 unspecified atom stereocenters. The molecule has 0 bridgehead atoms. The lowest BCUT2D eigenvalue weighted by molar-refractivity contribution is 0.865. The fourth-order valence-electron chi connectivity index (χ4n) is 0.463. The highest BCUT2D eigenvalue weighted by molar-refractivity contribution is 5.52. The molecule has 0 amide bonds. The molecule has 0 aromatic carbocycles.